The van der Waals surface area contributed by atoms with Crippen molar-refractivity contribution < 1.29 is 9.47 Å². The third-order valence-electron chi connectivity index (χ3n) is 2.81. The van der Waals surface area contributed by atoms with Crippen molar-refractivity contribution in [2.24, 2.45) is 5.73 Å². The monoisotopic (exact) mass is 244 g/mol. The summed E-state index contributed by atoms with van der Waals surface area (Å²) >= 11 is 0. The highest BCUT2D eigenvalue weighted by molar-refractivity contribution is 5.71. The molecule has 0 aromatic heterocycles. The first-order valence-corrected chi connectivity index (χ1v) is 6.05. The van der Waals surface area contributed by atoms with E-state index in [2.05, 4.69) is 6.07 Å². The van der Waals surface area contributed by atoms with Gasteiger partial charge in [-0.15, -0.1) is 0 Å². The van der Waals surface area contributed by atoms with E-state index in [-0.39, 0.29) is 0 Å². The molecule has 2 rings (SSSR count). The van der Waals surface area contributed by atoms with Gasteiger partial charge >= 0.3 is 0 Å². The van der Waals surface area contributed by atoms with Crippen molar-refractivity contribution in [2.45, 2.75) is 19.8 Å². The molecular weight excluding hydrogens is 228 g/mol. The number of hydrogen-bond acceptors (Lipinski definition) is 4. The summed E-state index contributed by atoms with van der Waals surface area (Å²) < 4.78 is 10.9. The van der Waals surface area contributed by atoms with Gasteiger partial charge in [0.25, 0.3) is 0 Å². The maximum absolute atomic E-state index is 9.08. The largest absolute Gasteiger partial charge is 0.486 e. The summed E-state index contributed by atoms with van der Waals surface area (Å²) in [5.41, 5.74) is 7.98. The lowest BCUT2D eigenvalue weighted by atomic mass is 10.0. The van der Waals surface area contributed by atoms with E-state index < -0.39 is 0 Å². The smallest absolute Gasteiger partial charge is 0.162 e. The minimum absolute atomic E-state index is 0.524. The Kier molecular flexibility index (Phi) is 3.73. The van der Waals surface area contributed by atoms with Gasteiger partial charge in [-0.3, -0.25) is 0 Å². The summed E-state index contributed by atoms with van der Waals surface area (Å²) in [5.74, 6) is 1.42. The van der Waals surface area contributed by atoms with Crippen LogP contribution in [0, 0.1) is 11.3 Å². The molecule has 1 heterocycles. The highest BCUT2D eigenvalue weighted by Gasteiger charge is 2.13. The second-order valence-electron chi connectivity index (χ2n) is 4.11. The van der Waals surface area contributed by atoms with Crippen molar-refractivity contribution >= 4 is 5.70 Å². The molecule has 18 heavy (non-hydrogen) atoms. The van der Waals surface area contributed by atoms with Gasteiger partial charge in [-0.05, 0) is 24.6 Å². The van der Waals surface area contributed by atoms with Crippen LogP contribution < -0.4 is 15.2 Å². The van der Waals surface area contributed by atoms with Crippen LogP contribution >= 0.6 is 0 Å². The predicted octanol–water partition coefficient (Wildman–Crippen LogP) is 2.45. The summed E-state index contributed by atoms with van der Waals surface area (Å²) in [7, 11) is 0. The molecule has 0 bridgehead atoms. The average Bonchev–Trinajstić information content (AvgIpc) is 2.43. The van der Waals surface area contributed by atoms with Gasteiger partial charge in [0.15, 0.2) is 11.5 Å². The third-order valence-corrected chi connectivity index (χ3v) is 2.81. The Morgan fingerprint density at radius 1 is 1.33 bits per heavy atom. The Labute approximate surface area is 107 Å². The van der Waals surface area contributed by atoms with Gasteiger partial charge in [0.1, 0.15) is 13.2 Å². The van der Waals surface area contributed by atoms with Crippen molar-refractivity contribution in [2.75, 3.05) is 13.2 Å². The maximum atomic E-state index is 9.08. The van der Waals surface area contributed by atoms with Crippen molar-refractivity contribution in [1.29, 1.82) is 5.26 Å². The van der Waals surface area contributed by atoms with Gasteiger partial charge < -0.3 is 15.2 Å². The minimum atomic E-state index is 0.524. The van der Waals surface area contributed by atoms with Crippen molar-refractivity contribution in [3.8, 4) is 17.6 Å². The second-order valence-corrected chi connectivity index (χ2v) is 4.11. The molecule has 1 aliphatic heterocycles. The van der Waals surface area contributed by atoms with Crippen LogP contribution in [0.15, 0.2) is 23.8 Å². The van der Waals surface area contributed by atoms with E-state index in [4.69, 9.17) is 20.5 Å². The van der Waals surface area contributed by atoms with E-state index in [9.17, 15) is 0 Å². The molecule has 0 radical (unpaired) electrons. The van der Waals surface area contributed by atoms with Crippen LogP contribution in [0.5, 0.6) is 11.5 Å². The second kappa shape index (κ2) is 5.46. The van der Waals surface area contributed by atoms with E-state index in [1.165, 1.54) is 0 Å². The Morgan fingerprint density at radius 3 is 2.72 bits per heavy atom. The zero-order valence-electron chi connectivity index (χ0n) is 10.4. The lowest BCUT2D eigenvalue weighted by molar-refractivity contribution is 0.171. The van der Waals surface area contributed by atoms with Gasteiger partial charge in [-0.1, -0.05) is 13.3 Å². The quantitative estimate of drug-likeness (QED) is 0.829. The molecule has 2 N–H and O–H groups in total. The molecule has 4 nitrogen and oxygen atoms in total. The van der Waals surface area contributed by atoms with Crippen LogP contribution in [0.25, 0.3) is 5.70 Å². The molecule has 1 aromatic carbocycles. The predicted molar refractivity (Wildman–Crippen MR) is 69.1 cm³/mol. The number of hydrogen-bond donors (Lipinski definition) is 1. The summed E-state index contributed by atoms with van der Waals surface area (Å²) in [6.07, 6.45) is 1.59. The zero-order valence-corrected chi connectivity index (χ0v) is 10.4. The summed E-state index contributed by atoms with van der Waals surface area (Å²) in [5, 5.41) is 9.08. The number of nitrogens with zero attached hydrogens (tertiary/aromatic N) is 1. The van der Waals surface area contributed by atoms with E-state index in [1.54, 1.807) is 0 Å². The zero-order chi connectivity index (χ0) is 13.0. The van der Waals surface area contributed by atoms with Crippen LogP contribution in [0.1, 0.15) is 25.3 Å². The lowest BCUT2D eigenvalue weighted by Gasteiger charge is -2.19. The number of rotatable bonds is 3. The Morgan fingerprint density at radius 2 is 2.06 bits per heavy atom. The molecule has 0 fully saturated rings. The first kappa shape index (κ1) is 12.3. The van der Waals surface area contributed by atoms with Crippen LogP contribution in [0.2, 0.25) is 0 Å². The standard InChI is InChI=1S/C14H16N2O2/c1-2-3-11(9-15)14(16)10-4-5-12-13(8-10)18-7-6-17-12/h4-5,8H,2-3,6-7,16H2,1H3/b14-11-. The summed E-state index contributed by atoms with van der Waals surface area (Å²) in [6.45, 7) is 3.13. The fourth-order valence-electron chi connectivity index (χ4n) is 1.89. The summed E-state index contributed by atoms with van der Waals surface area (Å²) in [4.78, 5) is 0. The fourth-order valence-corrected chi connectivity index (χ4v) is 1.89. The number of allylic oxidation sites excluding steroid dienone is 1. The third kappa shape index (κ3) is 2.40. The molecule has 1 aromatic rings. The van der Waals surface area contributed by atoms with Gasteiger partial charge in [0.2, 0.25) is 0 Å². The molecule has 0 amide bonds. The van der Waals surface area contributed by atoms with Gasteiger partial charge in [-0.25, -0.2) is 0 Å². The Bertz CT molecular complexity index is 515. The normalized spacial score (nSPS) is 14.7. The molecule has 4 heteroatoms. The molecule has 0 aliphatic carbocycles. The number of nitrogens with two attached hydrogens (primary N) is 1. The first-order valence-electron chi connectivity index (χ1n) is 6.05. The minimum Gasteiger partial charge on any atom is -0.486 e. The molecule has 0 saturated heterocycles. The van der Waals surface area contributed by atoms with E-state index in [1.807, 2.05) is 25.1 Å². The molecule has 0 spiro atoms. The summed E-state index contributed by atoms with van der Waals surface area (Å²) in [6, 6.07) is 7.68. The van der Waals surface area contributed by atoms with Crippen LogP contribution in [-0.4, -0.2) is 13.2 Å². The lowest BCUT2D eigenvalue weighted by Crippen LogP contribution is -2.15. The molecule has 1 aliphatic rings. The van der Waals surface area contributed by atoms with Crippen LogP contribution in [0.4, 0.5) is 0 Å². The van der Waals surface area contributed by atoms with E-state index in [0.29, 0.717) is 36.7 Å². The van der Waals surface area contributed by atoms with Crippen LogP contribution in [0.3, 0.4) is 0 Å². The fraction of sp³-hybridized carbons (Fsp3) is 0.357. The van der Waals surface area contributed by atoms with Gasteiger partial charge in [0, 0.05) is 5.56 Å². The molecule has 94 valence electrons. The topological polar surface area (TPSA) is 68.3 Å². The number of fused-ring (bicyclic) bond motifs is 1. The highest BCUT2D eigenvalue weighted by atomic mass is 16.6. The number of nitriles is 1. The molecule has 0 saturated carbocycles. The van der Waals surface area contributed by atoms with Crippen molar-refractivity contribution in [3.63, 3.8) is 0 Å². The first-order chi connectivity index (χ1) is 8.76. The highest BCUT2D eigenvalue weighted by Crippen LogP contribution is 2.32. The SMILES string of the molecule is CCC/C(C#N)=C(/N)c1ccc2c(c1)OCCO2. The molecular formula is C14H16N2O2. The number of benzene rings is 1. The van der Waals surface area contributed by atoms with E-state index >= 15 is 0 Å². The molecule has 0 unspecified atom stereocenters. The van der Waals surface area contributed by atoms with Crippen molar-refractivity contribution in [3.05, 3.63) is 29.3 Å². The van der Waals surface area contributed by atoms with Crippen molar-refractivity contribution in [1.82, 2.24) is 0 Å². The van der Waals surface area contributed by atoms with E-state index in [0.717, 1.165) is 17.7 Å². The van der Waals surface area contributed by atoms with Gasteiger partial charge in [0.05, 0.1) is 17.3 Å². The Hall–Kier alpha value is -2.15. The average molecular weight is 244 g/mol. The van der Waals surface area contributed by atoms with Crippen LogP contribution in [-0.2, 0) is 0 Å². The Balaban J connectivity index is 2.36. The van der Waals surface area contributed by atoms with Gasteiger partial charge in [-0.2, -0.15) is 5.26 Å². The maximum Gasteiger partial charge on any atom is 0.162 e. The molecule has 0 atom stereocenters. The number of ether oxygens (including phenoxy) is 2.